The molecule has 20 heavy (non-hydrogen) atoms. The van der Waals surface area contributed by atoms with Gasteiger partial charge in [0, 0.05) is 7.11 Å². The lowest BCUT2D eigenvalue weighted by atomic mass is 10.2. The molecule has 0 aliphatic rings. The quantitative estimate of drug-likeness (QED) is 0.714. The molecule has 0 heterocycles. The second-order valence-electron chi connectivity index (χ2n) is 4.51. The molecule has 0 N–H and O–H groups in total. The average molecular weight is 290 g/mol. The van der Waals surface area contributed by atoms with Gasteiger partial charge in [0.15, 0.2) is 0 Å². The Morgan fingerprint density at radius 1 is 0.900 bits per heavy atom. The molecule has 0 aliphatic heterocycles. The largest absolute Gasteiger partial charge is 0.331 e. The normalized spacial score (nSPS) is 13.8. The maximum Gasteiger partial charge on any atom is 0.331 e. The third-order valence-corrected chi connectivity index (χ3v) is 4.92. The summed E-state index contributed by atoms with van der Waals surface area (Å²) in [6.07, 6.45) is 1.07. The zero-order valence-electron chi connectivity index (χ0n) is 11.6. The van der Waals surface area contributed by atoms with E-state index in [-0.39, 0.29) is 0 Å². The molecular weight excluding hydrogens is 271 g/mol. The van der Waals surface area contributed by atoms with Crippen molar-refractivity contribution in [1.29, 1.82) is 0 Å². The minimum Gasteiger partial charge on any atom is -0.312 e. The molecule has 0 spiro atoms. The van der Waals surface area contributed by atoms with Crippen LogP contribution in [0.1, 0.15) is 11.1 Å². The fraction of sp³-hybridized carbons (Fsp3) is 0.250. The van der Waals surface area contributed by atoms with Gasteiger partial charge in [-0.05, 0) is 17.5 Å². The van der Waals surface area contributed by atoms with Crippen molar-refractivity contribution in [2.45, 2.75) is 13.0 Å². The van der Waals surface area contributed by atoms with Crippen molar-refractivity contribution in [1.82, 2.24) is 0 Å². The van der Waals surface area contributed by atoms with E-state index < -0.39 is 7.60 Å². The van der Waals surface area contributed by atoms with Gasteiger partial charge >= 0.3 is 7.60 Å². The van der Waals surface area contributed by atoms with Crippen LogP contribution in [0.3, 0.4) is 0 Å². The van der Waals surface area contributed by atoms with Crippen LogP contribution in [0.25, 0.3) is 0 Å². The monoisotopic (exact) mass is 290 g/mol. The molecule has 3 nitrogen and oxygen atoms in total. The van der Waals surface area contributed by atoms with Gasteiger partial charge in [0.25, 0.3) is 0 Å². The molecule has 2 rings (SSSR count). The first-order chi connectivity index (χ1) is 9.72. The SMILES string of the molecule is COP(=O)(CCc1ccccc1)OCc1ccccc1. The lowest BCUT2D eigenvalue weighted by molar-refractivity contribution is 0.225. The van der Waals surface area contributed by atoms with Gasteiger partial charge < -0.3 is 9.05 Å². The molecule has 2 aromatic carbocycles. The van der Waals surface area contributed by atoms with Crippen molar-refractivity contribution in [3.05, 3.63) is 71.8 Å². The molecule has 0 radical (unpaired) electrons. The molecule has 1 atom stereocenters. The van der Waals surface area contributed by atoms with Crippen molar-refractivity contribution >= 4 is 7.60 Å². The van der Waals surface area contributed by atoms with Crippen LogP contribution in [-0.4, -0.2) is 13.3 Å². The Labute approximate surface area is 120 Å². The lowest BCUT2D eigenvalue weighted by Crippen LogP contribution is -2.01. The van der Waals surface area contributed by atoms with Gasteiger partial charge in [0.1, 0.15) is 0 Å². The molecule has 0 bridgehead atoms. The van der Waals surface area contributed by atoms with Crippen LogP contribution in [0.15, 0.2) is 60.7 Å². The topological polar surface area (TPSA) is 35.5 Å². The van der Waals surface area contributed by atoms with E-state index in [1.165, 1.54) is 7.11 Å². The summed E-state index contributed by atoms with van der Waals surface area (Å²) in [5.74, 6) is 0. The highest BCUT2D eigenvalue weighted by atomic mass is 31.2. The molecule has 4 heteroatoms. The number of hydrogen-bond donors (Lipinski definition) is 0. The number of hydrogen-bond acceptors (Lipinski definition) is 3. The van der Waals surface area contributed by atoms with Gasteiger partial charge in [0.05, 0.1) is 12.8 Å². The summed E-state index contributed by atoms with van der Waals surface area (Å²) in [6.45, 7) is 0.306. The van der Waals surface area contributed by atoms with Crippen molar-refractivity contribution < 1.29 is 13.6 Å². The second-order valence-corrected chi connectivity index (χ2v) is 6.80. The molecule has 0 saturated carbocycles. The van der Waals surface area contributed by atoms with Crippen LogP contribution in [0.5, 0.6) is 0 Å². The van der Waals surface area contributed by atoms with Crippen molar-refractivity contribution in [2.75, 3.05) is 13.3 Å². The molecule has 2 aromatic rings. The van der Waals surface area contributed by atoms with Gasteiger partial charge in [-0.1, -0.05) is 60.7 Å². The summed E-state index contributed by atoms with van der Waals surface area (Å²) in [5.41, 5.74) is 2.12. The molecule has 0 saturated heterocycles. The molecule has 0 amide bonds. The third-order valence-electron chi connectivity index (χ3n) is 3.07. The molecule has 0 aromatic heterocycles. The standard InChI is InChI=1S/C16H19O3P/c1-18-20(17,13-12-15-8-4-2-5-9-15)19-14-16-10-6-3-7-11-16/h2-11H,12-14H2,1H3. The third kappa shape index (κ3) is 4.61. The van der Waals surface area contributed by atoms with Crippen LogP contribution in [0, 0.1) is 0 Å². The molecule has 0 fully saturated rings. The first-order valence-electron chi connectivity index (χ1n) is 6.59. The highest BCUT2D eigenvalue weighted by Gasteiger charge is 2.22. The Kier molecular flexibility index (Phi) is 5.54. The molecule has 106 valence electrons. The van der Waals surface area contributed by atoms with E-state index in [4.69, 9.17) is 9.05 Å². The zero-order chi connectivity index (χ0) is 14.3. The molecule has 0 aliphatic carbocycles. The summed E-state index contributed by atoms with van der Waals surface area (Å²) in [6, 6.07) is 19.6. The van der Waals surface area contributed by atoms with Crippen molar-refractivity contribution in [2.24, 2.45) is 0 Å². The summed E-state index contributed by atoms with van der Waals surface area (Å²) in [5, 5.41) is 0. The van der Waals surface area contributed by atoms with E-state index in [0.717, 1.165) is 11.1 Å². The van der Waals surface area contributed by atoms with Gasteiger partial charge in [0.2, 0.25) is 0 Å². The highest BCUT2D eigenvalue weighted by Crippen LogP contribution is 2.48. The van der Waals surface area contributed by atoms with E-state index in [1.54, 1.807) is 0 Å². The summed E-state index contributed by atoms with van der Waals surface area (Å²) >= 11 is 0. The maximum absolute atomic E-state index is 12.5. The van der Waals surface area contributed by atoms with Crippen molar-refractivity contribution in [3.63, 3.8) is 0 Å². The van der Waals surface area contributed by atoms with E-state index in [9.17, 15) is 4.57 Å². The first kappa shape index (κ1) is 15.0. The number of benzene rings is 2. The van der Waals surface area contributed by atoms with Gasteiger partial charge in [-0.15, -0.1) is 0 Å². The van der Waals surface area contributed by atoms with Crippen LogP contribution in [-0.2, 0) is 26.6 Å². The summed E-state index contributed by atoms with van der Waals surface area (Å²) in [4.78, 5) is 0. The van der Waals surface area contributed by atoms with Gasteiger partial charge in [-0.25, -0.2) is 0 Å². The first-order valence-corrected chi connectivity index (χ1v) is 8.32. The van der Waals surface area contributed by atoms with E-state index in [0.29, 0.717) is 19.2 Å². The fourth-order valence-corrected chi connectivity index (χ4v) is 3.16. The Morgan fingerprint density at radius 2 is 1.45 bits per heavy atom. The minimum absolute atomic E-state index is 0.306. The Bertz CT molecular complexity index is 507. The van der Waals surface area contributed by atoms with Crippen LogP contribution in [0.2, 0.25) is 0 Å². The highest BCUT2D eigenvalue weighted by molar-refractivity contribution is 7.53. The Morgan fingerprint density at radius 3 is 2.00 bits per heavy atom. The van der Waals surface area contributed by atoms with E-state index >= 15 is 0 Å². The van der Waals surface area contributed by atoms with E-state index in [2.05, 4.69) is 0 Å². The Balaban J connectivity index is 1.90. The smallest absolute Gasteiger partial charge is 0.312 e. The summed E-state index contributed by atoms with van der Waals surface area (Å²) < 4.78 is 23.1. The molecule has 1 unspecified atom stereocenters. The summed E-state index contributed by atoms with van der Waals surface area (Å²) in [7, 11) is -1.59. The van der Waals surface area contributed by atoms with Crippen LogP contribution >= 0.6 is 7.60 Å². The van der Waals surface area contributed by atoms with Crippen LogP contribution < -0.4 is 0 Å². The zero-order valence-corrected chi connectivity index (χ0v) is 12.5. The van der Waals surface area contributed by atoms with Crippen molar-refractivity contribution in [3.8, 4) is 0 Å². The number of aryl methyl sites for hydroxylation is 1. The minimum atomic E-state index is -3.03. The Hall–Kier alpha value is -1.41. The second kappa shape index (κ2) is 7.39. The van der Waals surface area contributed by atoms with Crippen LogP contribution in [0.4, 0.5) is 0 Å². The van der Waals surface area contributed by atoms with Gasteiger partial charge in [-0.3, -0.25) is 4.57 Å². The maximum atomic E-state index is 12.5. The predicted molar refractivity (Wildman–Crippen MR) is 80.9 cm³/mol. The predicted octanol–water partition coefficient (Wildman–Crippen LogP) is 4.29. The lowest BCUT2D eigenvalue weighted by Gasteiger charge is -2.16. The average Bonchev–Trinajstić information content (AvgIpc) is 2.53. The van der Waals surface area contributed by atoms with Gasteiger partial charge in [-0.2, -0.15) is 0 Å². The fourth-order valence-electron chi connectivity index (χ4n) is 1.87. The number of rotatable bonds is 7. The van der Waals surface area contributed by atoms with E-state index in [1.807, 2.05) is 60.7 Å². The molecular formula is C16H19O3P.